The minimum Gasteiger partial charge on any atom is -0.492 e. The van der Waals surface area contributed by atoms with Crippen molar-refractivity contribution < 1.29 is 9.84 Å². The molecule has 1 N–H and O–H groups in total. The number of hydrogen-bond acceptors (Lipinski definition) is 4. The molecule has 1 saturated heterocycles. The van der Waals surface area contributed by atoms with Crippen molar-refractivity contribution in [1.82, 2.24) is 9.80 Å². The second-order valence-electron chi connectivity index (χ2n) is 4.86. The first-order chi connectivity index (χ1) is 9.67. The predicted molar refractivity (Wildman–Crippen MR) is 81.9 cm³/mol. The molecule has 2 rings (SSSR count). The molecule has 0 aliphatic carbocycles. The van der Waals surface area contributed by atoms with Crippen LogP contribution in [0, 0.1) is 0 Å². The number of rotatable bonds is 6. The number of β-amino-alcohol motifs (C(OH)–C–C–N with tert-alkyl or cyclic N) is 1. The van der Waals surface area contributed by atoms with Gasteiger partial charge in [0.25, 0.3) is 0 Å². The first-order valence-corrected chi connectivity index (χ1v) is 7.57. The standard InChI is InChI=1S/C14H20Cl2N2O2/c15-12-9-13(16)11-14(10-12)20-8-6-18-3-1-17(2-4-18)5-7-19/h9-11,19H,1-8H2. The third kappa shape index (κ3) is 5.11. The van der Waals surface area contributed by atoms with Crippen LogP contribution in [0.4, 0.5) is 0 Å². The Kier molecular flexibility index (Phi) is 6.39. The molecule has 0 aromatic heterocycles. The minimum atomic E-state index is 0.235. The first-order valence-electron chi connectivity index (χ1n) is 6.82. The zero-order valence-corrected chi connectivity index (χ0v) is 12.9. The molecule has 1 fully saturated rings. The molecule has 20 heavy (non-hydrogen) atoms. The average molecular weight is 319 g/mol. The van der Waals surface area contributed by atoms with E-state index < -0.39 is 0 Å². The SMILES string of the molecule is OCCN1CCN(CCOc2cc(Cl)cc(Cl)c2)CC1. The monoisotopic (exact) mass is 318 g/mol. The lowest BCUT2D eigenvalue weighted by Gasteiger charge is -2.34. The van der Waals surface area contributed by atoms with Crippen LogP contribution >= 0.6 is 23.2 Å². The fraction of sp³-hybridized carbons (Fsp3) is 0.571. The van der Waals surface area contributed by atoms with Crippen molar-refractivity contribution in [2.75, 3.05) is 52.5 Å². The Morgan fingerprint density at radius 1 is 0.950 bits per heavy atom. The van der Waals surface area contributed by atoms with Crippen molar-refractivity contribution in [2.45, 2.75) is 0 Å². The van der Waals surface area contributed by atoms with E-state index in [-0.39, 0.29) is 6.61 Å². The van der Waals surface area contributed by atoms with Crippen LogP contribution in [0.25, 0.3) is 0 Å². The maximum atomic E-state index is 8.90. The van der Waals surface area contributed by atoms with Crippen LogP contribution in [0.2, 0.25) is 10.0 Å². The lowest BCUT2D eigenvalue weighted by atomic mass is 10.3. The summed E-state index contributed by atoms with van der Waals surface area (Å²) >= 11 is 11.8. The molecular weight excluding hydrogens is 299 g/mol. The van der Waals surface area contributed by atoms with Gasteiger partial charge in [0.1, 0.15) is 12.4 Å². The van der Waals surface area contributed by atoms with Crippen LogP contribution in [0.1, 0.15) is 0 Å². The number of piperazine rings is 1. The summed E-state index contributed by atoms with van der Waals surface area (Å²) in [4.78, 5) is 4.63. The molecule has 0 saturated carbocycles. The Morgan fingerprint density at radius 3 is 2.05 bits per heavy atom. The van der Waals surface area contributed by atoms with Crippen molar-refractivity contribution in [1.29, 1.82) is 0 Å². The molecule has 1 aromatic carbocycles. The largest absolute Gasteiger partial charge is 0.492 e. The van der Waals surface area contributed by atoms with Gasteiger partial charge in [0.05, 0.1) is 6.61 Å². The van der Waals surface area contributed by atoms with E-state index in [0.717, 1.165) is 39.3 Å². The third-order valence-corrected chi connectivity index (χ3v) is 3.83. The Morgan fingerprint density at radius 2 is 1.50 bits per heavy atom. The summed E-state index contributed by atoms with van der Waals surface area (Å²) in [5, 5.41) is 10.1. The summed E-state index contributed by atoms with van der Waals surface area (Å²) in [6.07, 6.45) is 0. The van der Waals surface area contributed by atoms with Gasteiger partial charge in [-0.15, -0.1) is 0 Å². The molecule has 1 aliphatic heterocycles. The number of aliphatic hydroxyl groups excluding tert-OH is 1. The third-order valence-electron chi connectivity index (χ3n) is 3.39. The van der Waals surface area contributed by atoms with Gasteiger partial charge in [-0.1, -0.05) is 23.2 Å². The van der Waals surface area contributed by atoms with E-state index in [1.165, 1.54) is 0 Å². The Labute approximate surface area is 129 Å². The predicted octanol–water partition coefficient (Wildman–Crippen LogP) is 1.98. The van der Waals surface area contributed by atoms with E-state index in [4.69, 9.17) is 33.0 Å². The quantitative estimate of drug-likeness (QED) is 0.870. The van der Waals surface area contributed by atoms with Crippen molar-refractivity contribution in [3.05, 3.63) is 28.2 Å². The van der Waals surface area contributed by atoms with Gasteiger partial charge < -0.3 is 9.84 Å². The van der Waals surface area contributed by atoms with Crippen LogP contribution < -0.4 is 4.74 Å². The number of aliphatic hydroxyl groups is 1. The summed E-state index contributed by atoms with van der Waals surface area (Å²) in [5.74, 6) is 0.710. The molecule has 0 bridgehead atoms. The van der Waals surface area contributed by atoms with Gasteiger partial charge in [0.15, 0.2) is 0 Å². The van der Waals surface area contributed by atoms with Gasteiger partial charge in [-0.2, -0.15) is 0 Å². The lowest BCUT2D eigenvalue weighted by molar-refractivity contribution is 0.102. The highest BCUT2D eigenvalue weighted by Crippen LogP contribution is 2.24. The Balaban J connectivity index is 1.69. The Hall–Kier alpha value is -0.520. The zero-order valence-electron chi connectivity index (χ0n) is 11.4. The fourth-order valence-electron chi connectivity index (χ4n) is 2.28. The van der Waals surface area contributed by atoms with Gasteiger partial charge in [-0.25, -0.2) is 0 Å². The molecule has 6 heteroatoms. The number of halogens is 2. The second-order valence-corrected chi connectivity index (χ2v) is 5.73. The van der Waals surface area contributed by atoms with Gasteiger partial charge in [0, 0.05) is 49.3 Å². The normalized spacial score (nSPS) is 17.4. The van der Waals surface area contributed by atoms with E-state index in [0.29, 0.717) is 22.4 Å². The maximum absolute atomic E-state index is 8.90. The van der Waals surface area contributed by atoms with Crippen LogP contribution in [-0.2, 0) is 0 Å². The van der Waals surface area contributed by atoms with Gasteiger partial charge in [-0.05, 0) is 18.2 Å². The smallest absolute Gasteiger partial charge is 0.122 e. The van der Waals surface area contributed by atoms with E-state index in [1.807, 2.05) is 0 Å². The van der Waals surface area contributed by atoms with Gasteiger partial charge >= 0.3 is 0 Å². The topological polar surface area (TPSA) is 35.9 Å². The molecule has 1 heterocycles. The maximum Gasteiger partial charge on any atom is 0.122 e. The number of nitrogens with zero attached hydrogens (tertiary/aromatic N) is 2. The molecule has 112 valence electrons. The zero-order chi connectivity index (χ0) is 14.4. The Bertz CT molecular complexity index is 403. The van der Waals surface area contributed by atoms with Crippen LogP contribution in [0.3, 0.4) is 0 Å². The molecular formula is C14H20Cl2N2O2. The van der Waals surface area contributed by atoms with Crippen molar-refractivity contribution in [3.8, 4) is 5.75 Å². The number of ether oxygens (including phenoxy) is 1. The summed E-state index contributed by atoms with van der Waals surface area (Å²) in [6.45, 7) is 6.55. The van der Waals surface area contributed by atoms with Crippen LogP contribution in [0.5, 0.6) is 5.75 Å². The van der Waals surface area contributed by atoms with Crippen molar-refractivity contribution in [3.63, 3.8) is 0 Å². The molecule has 1 aliphatic rings. The second kappa shape index (κ2) is 8.05. The van der Waals surface area contributed by atoms with Gasteiger partial charge in [-0.3, -0.25) is 9.80 Å². The molecule has 0 radical (unpaired) electrons. The highest BCUT2D eigenvalue weighted by Gasteiger charge is 2.15. The van der Waals surface area contributed by atoms with E-state index in [9.17, 15) is 0 Å². The molecule has 0 atom stereocenters. The summed E-state index contributed by atoms with van der Waals surface area (Å²) in [7, 11) is 0. The lowest BCUT2D eigenvalue weighted by Crippen LogP contribution is -2.48. The summed E-state index contributed by atoms with van der Waals surface area (Å²) in [6, 6.07) is 5.23. The number of benzene rings is 1. The van der Waals surface area contributed by atoms with Crippen molar-refractivity contribution in [2.24, 2.45) is 0 Å². The van der Waals surface area contributed by atoms with E-state index in [1.54, 1.807) is 18.2 Å². The molecule has 1 aromatic rings. The van der Waals surface area contributed by atoms with E-state index >= 15 is 0 Å². The molecule has 0 amide bonds. The highest BCUT2D eigenvalue weighted by atomic mass is 35.5. The van der Waals surface area contributed by atoms with Crippen LogP contribution in [-0.4, -0.2) is 67.4 Å². The minimum absolute atomic E-state index is 0.235. The highest BCUT2D eigenvalue weighted by molar-refractivity contribution is 6.34. The summed E-state index contributed by atoms with van der Waals surface area (Å²) in [5.41, 5.74) is 0. The fourth-order valence-corrected chi connectivity index (χ4v) is 2.79. The summed E-state index contributed by atoms with van der Waals surface area (Å²) < 4.78 is 5.68. The van der Waals surface area contributed by atoms with Crippen LogP contribution in [0.15, 0.2) is 18.2 Å². The first kappa shape index (κ1) is 15.9. The van der Waals surface area contributed by atoms with Gasteiger partial charge in [0.2, 0.25) is 0 Å². The molecule has 0 unspecified atom stereocenters. The van der Waals surface area contributed by atoms with E-state index in [2.05, 4.69) is 9.80 Å². The molecule has 0 spiro atoms. The number of hydrogen-bond donors (Lipinski definition) is 1. The molecule has 4 nitrogen and oxygen atoms in total. The van der Waals surface area contributed by atoms with Crippen molar-refractivity contribution >= 4 is 23.2 Å². The average Bonchev–Trinajstić information content (AvgIpc) is 2.40.